The molecule has 0 bridgehead atoms. The van der Waals surface area contributed by atoms with Gasteiger partial charge in [0, 0.05) is 16.2 Å². The van der Waals surface area contributed by atoms with Crippen molar-refractivity contribution in [2.45, 2.75) is 12.3 Å². The van der Waals surface area contributed by atoms with Crippen LogP contribution < -0.4 is 0 Å². The molecule has 108 valence electrons. The normalized spacial score (nSPS) is 12.8. The summed E-state index contributed by atoms with van der Waals surface area (Å²) in [6, 6.07) is 10.6. The summed E-state index contributed by atoms with van der Waals surface area (Å²) in [5.74, 6) is 0.173. The van der Waals surface area contributed by atoms with E-state index in [2.05, 4.69) is 20.9 Å². The Labute approximate surface area is 139 Å². The van der Waals surface area contributed by atoms with Gasteiger partial charge in [0.15, 0.2) is 0 Å². The van der Waals surface area contributed by atoms with Crippen molar-refractivity contribution in [2.75, 3.05) is 0 Å². The highest BCUT2D eigenvalue weighted by Crippen LogP contribution is 2.31. The molecule has 0 spiro atoms. The first-order chi connectivity index (χ1) is 9.97. The molecule has 0 fully saturated rings. The second kappa shape index (κ2) is 5.59. The molecule has 0 aliphatic heterocycles. The van der Waals surface area contributed by atoms with Crippen LogP contribution in [0.25, 0.3) is 16.7 Å². The number of imidazole rings is 1. The summed E-state index contributed by atoms with van der Waals surface area (Å²) < 4.78 is 16.6. The van der Waals surface area contributed by atoms with Crippen LogP contribution in [0.5, 0.6) is 0 Å². The predicted molar refractivity (Wildman–Crippen MR) is 88.0 cm³/mol. The van der Waals surface area contributed by atoms with Crippen molar-refractivity contribution in [1.82, 2.24) is 9.55 Å². The molecule has 2 aromatic carbocycles. The van der Waals surface area contributed by atoms with E-state index in [1.165, 1.54) is 12.1 Å². The summed E-state index contributed by atoms with van der Waals surface area (Å²) in [4.78, 5) is 4.48. The fourth-order valence-electron chi connectivity index (χ4n) is 2.22. The van der Waals surface area contributed by atoms with E-state index in [9.17, 15) is 4.39 Å². The second-order valence-corrected chi connectivity index (χ2v) is 6.63. The largest absolute Gasteiger partial charge is 0.295 e. The Hall–Kier alpha value is -1.10. The van der Waals surface area contributed by atoms with Gasteiger partial charge in [-0.05, 0) is 37.3 Å². The van der Waals surface area contributed by atoms with Gasteiger partial charge in [0.05, 0.1) is 21.4 Å². The van der Waals surface area contributed by atoms with Crippen LogP contribution >= 0.6 is 39.1 Å². The Balaban J connectivity index is 2.35. The smallest absolute Gasteiger partial charge is 0.144 e. The summed E-state index contributed by atoms with van der Waals surface area (Å²) in [5.41, 5.74) is 2.12. The Kier molecular flexibility index (Phi) is 3.95. The van der Waals surface area contributed by atoms with Crippen LogP contribution in [0.4, 0.5) is 4.39 Å². The lowest BCUT2D eigenvalue weighted by atomic mass is 10.2. The first-order valence-corrected chi connectivity index (χ1v) is 7.85. The average Bonchev–Trinajstić information content (AvgIpc) is 2.79. The molecule has 6 heteroatoms. The van der Waals surface area contributed by atoms with Crippen molar-refractivity contribution in [3.63, 3.8) is 0 Å². The number of rotatable bonds is 2. The summed E-state index contributed by atoms with van der Waals surface area (Å²) in [5, 5.41) is -0.264. The molecule has 3 aromatic rings. The van der Waals surface area contributed by atoms with E-state index in [1.807, 2.05) is 35.8 Å². The molecule has 1 atom stereocenters. The molecule has 3 rings (SSSR count). The number of halogens is 4. The number of hydrogen-bond acceptors (Lipinski definition) is 1. The SMILES string of the molecule is CC(Cl)c1nc2cc(Cl)c(F)cc2n1-c1ccc(Br)cc1. The summed E-state index contributed by atoms with van der Waals surface area (Å²) in [7, 11) is 0. The molecule has 0 saturated heterocycles. The van der Waals surface area contributed by atoms with Crippen molar-refractivity contribution < 1.29 is 4.39 Å². The highest BCUT2D eigenvalue weighted by Gasteiger charge is 2.18. The summed E-state index contributed by atoms with van der Waals surface area (Å²) in [6.45, 7) is 1.83. The molecule has 1 unspecified atom stereocenters. The van der Waals surface area contributed by atoms with E-state index < -0.39 is 5.82 Å². The third-order valence-corrected chi connectivity index (χ3v) is 4.18. The topological polar surface area (TPSA) is 17.8 Å². The van der Waals surface area contributed by atoms with Gasteiger partial charge in [0.1, 0.15) is 11.6 Å². The first-order valence-electron chi connectivity index (χ1n) is 6.25. The van der Waals surface area contributed by atoms with Crippen LogP contribution in [0.1, 0.15) is 18.1 Å². The Morgan fingerprint density at radius 2 is 1.90 bits per heavy atom. The van der Waals surface area contributed by atoms with Crippen LogP contribution in [0.2, 0.25) is 5.02 Å². The molecule has 0 aliphatic carbocycles. The van der Waals surface area contributed by atoms with E-state index in [4.69, 9.17) is 23.2 Å². The maximum atomic E-state index is 13.8. The summed E-state index contributed by atoms with van der Waals surface area (Å²) >= 11 is 15.5. The van der Waals surface area contributed by atoms with Crippen LogP contribution in [-0.2, 0) is 0 Å². The zero-order valence-electron chi connectivity index (χ0n) is 10.9. The Morgan fingerprint density at radius 1 is 1.24 bits per heavy atom. The monoisotopic (exact) mass is 386 g/mol. The molecular weight excluding hydrogens is 378 g/mol. The molecule has 21 heavy (non-hydrogen) atoms. The van der Waals surface area contributed by atoms with Crippen LogP contribution in [0.15, 0.2) is 40.9 Å². The average molecular weight is 388 g/mol. The predicted octanol–water partition coefficient (Wildman–Crippen LogP) is 5.88. The molecular formula is C15H10BrCl2FN2. The lowest BCUT2D eigenvalue weighted by molar-refractivity contribution is 0.629. The minimum atomic E-state index is -0.476. The second-order valence-electron chi connectivity index (χ2n) is 4.65. The maximum absolute atomic E-state index is 13.8. The number of nitrogens with zero attached hydrogens (tertiary/aromatic N) is 2. The zero-order chi connectivity index (χ0) is 15.1. The van der Waals surface area contributed by atoms with Gasteiger partial charge in [0.2, 0.25) is 0 Å². The highest BCUT2D eigenvalue weighted by molar-refractivity contribution is 9.10. The maximum Gasteiger partial charge on any atom is 0.144 e. The molecule has 1 heterocycles. The molecule has 1 aromatic heterocycles. The quantitative estimate of drug-likeness (QED) is 0.502. The van der Waals surface area contributed by atoms with Gasteiger partial charge in [-0.2, -0.15) is 0 Å². The number of fused-ring (bicyclic) bond motifs is 1. The van der Waals surface area contributed by atoms with Gasteiger partial charge in [-0.25, -0.2) is 9.37 Å². The molecule has 0 aliphatic rings. The van der Waals surface area contributed by atoms with Crippen LogP contribution in [-0.4, -0.2) is 9.55 Å². The van der Waals surface area contributed by atoms with Crippen molar-refractivity contribution in [3.8, 4) is 5.69 Å². The van der Waals surface area contributed by atoms with Crippen molar-refractivity contribution >= 4 is 50.2 Å². The lowest BCUT2D eigenvalue weighted by Crippen LogP contribution is -2.01. The van der Waals surface area contributed by atoms with Crippen molar-refractivity contribution in [1.29, 1.82) is 0 Å². The van der Waals surface area contributed by atoms with E-state index in [1.54, 1.807) is 0 Å². The molecule has 0 amide bonds. The minimum absolute atomic E-state index is 0.0525. The zero-order valence-corrected chi connectivity index (χ0v) is 14.0. The van der Waals surface area contributed by atoms with E-state index in [-0.39, 0.29) is 10.4 Å². The molecule has 0 N–H and O–H groups in total. The van der Waals surface area contributed by atoms with E-state index in [0.717, 1.165) is 10.2 Å². The number of hydrogen-bond donors (Lipinski definition) is 0. The molecule has 2 nitrogen and oxygen atoms in total. The van der Waals surface area contributed by atoms with Crippen molar-refractivity contribution in [2.24, 2.45) is 0 Å². The number of alkyl halides is 1. The van der Waals surface area contributed by atoms with Gasteiger partial charge in [-0.3, -0.25) is 4.57 Å². The number of aromatic nitrogens is 2. The van der Waals surface area contributed by atoms with E-state index in [0.29, 0.717) is 16.9 Å². The Bertz CT molecular complexity index is 813. The fraction of sp³-hybridized carbons (Fsp3) is 0.133. The highest BCUT2D eigenvalue weighted by atomic mass is 79.9. The van der Waals surface area contributed by atoms with Crippen molar-refractivity contribution in [3.05, 3.63) is 57.5 Å². The molecule has 0 saturated carbocycles. The van der Waals surface area contributed by atoms with Gasteiger partial charge in [-0.15, -0.1) is 11.6 Å². The fourth-order valence-corrected chi connectivity index (χ4v) is 2.79. The van der Waals surface area contributed by atoms with Crippen LogP contribution in [0, 0.1) is 5.82 Å². The lowest BCUT2D eigenvalue weighted by Gasteiger charge is -2.10. The molecule has 0 radical (unpaired) electrons. The minimum Gasteiger partial charge on any atom is -0.295 e. The van der Waals surface area contributed by atoms with Crippen LogP contribution in [0.3, 0.4) is 0 Å². The van der Waals surface area contributed by atoms with Gasteiger partial charge in [0.25, 0.3) is 0 Å². The van der Waals surface area contributed by atoms with Gasteiger partial charge < -0.3 is 0 Å². The summed E-state index contributed by atoms with van der Waals surface area (Å²) in [6.07, 6.45) is 0. The van der Waals surface area contributed by atoms with Gasteiger partial charge in [-0.1, -0.05) is 27.5 Å². The third kappa shape index (κ3) is 2.68. The number of benzene rings is 2. The van der Waals surface area contributed by atoms with E-state index >= 15 is 0 Å². The Morgan fingerprint density at radius 3 is 2.52 bits per heavy atom. The van der Waals surface area contributed by atoms with Gasteiger partial charge >= 0.3 is 0 Å². The first kappa shape index (κ1) is 14.8. The third-order valence-electron chi connectivity index (χ3n) is 3.16. The standard InChI is InChI=1S/C15H10BrCl2FN2/c1-8(17)15-20-13-6-11(18)12(19)7-14(13)21(15)10-4-2-9(16)3-5-10/h2-8H,1H3.